The second kappa shape index (κ2) is 10.0. The number of hydrogen-bond donors (Lipinski definition) is 2. The molecule has 1 unspecified atom stereocenters. The minimum Gasteiger partial charge on any atom is -0.493 e. The maximum absolute atomic E-state index is 12.5. The first-order valence-electron chi connectivity index (χ1n) is 8.75. The fraction of sp³-hybridized carbons (Fsp3) is 0.667. The normalized spacial score (nSPS) is 13.2. The van der Waals surface area contributed by atoms with Gasteiger partial charge in [0.2, 0.25) is 10.0 Å². The van der Waals surface area contributed by atoms with Crippen molar-refractivity contribution in [3.63, 3.8) is 0 Å². The molecule has 138 valence electrons. The molecule has 0 spiro atoms. The van der Waals surface area contributed by atoms with E-state index in [9.17, 15) is 13.5 Å². The van der Waals surface area contributed by atoms with Crippen molar-refractivity contribution in [3.8, 4) is 5.75 Å². The van der Waals surface area contributed by atoms with Gasteiger partial charge >= 0.3 is 0 Å². The minimum absolute atomic E-state index is 0.154. The summed E-state index contributed by atoms with van der Waals surface area (Å²) in [5, 5.41) is 9.22. The summed E-state index contributed by atoms with van der Waals surface area (Å²) in [7, 11) is -3.65. The van der Waals surface area contributed by atoms with Crippen molar-refractivity contribution in [1.29, 1.82) is 0 Å². The van der Waals surface area contributed by atoms with E-state index in [0.29, 0.717) is 13.0 Å². The standard InChI is InChI=1S/C18H31NO4S/c1-5-7-8-11-23-18-10-9-16(12-17(18)14(3)4)24(21,22)19-15(6-2)13-20/h9-10,12,14-15,19-20H,5-8,11,13H2,1-4H3. The molecule has 1 aromatic carbocycles. The van der Waals surface area contributed by atoms with Gasteiger partial charge in [0, 0.05) is 6.04 Å². The van der Waals surface area contributed by atoms with Crippen LogP contribution in [-0.4, -0.2) is 32.8 Å². The highest BCUT2D eigenvalue weighted by Gasteiger charge is 2.21. The van der Waals surface area contributed by atoms with E-state index >= 15 is 0 Å². The summed E-state index contributed by atoms with van der Waals surface area (Å²) in [5.74, 6) is 0.899. The predicted molar refractivity (Wildman–Crippen MR) is 97.0 cm³/mol. The van der Waals surface area contributed by atoms with Crippen molar-refractivity contribution in [2.24, 2.45) is 0 Å². The maximum atomic E-state index is 12.5. The Morgan fingerprint density at radius 2 is 1.92 bits per heavy atom. The molecule has 0 amide bonds. The lowest BCUT2D eigenvalue weighted by Gasteiger charge is -2.18. The highest BCUT2D eigenvalue weighted by molar-refractivity contribution is 7.89. The first-order valence-corrected chi connectivity index (χ1v) is 10.2. The van der Waals surface area contributed by atoms with Gasteiger partial charge in [0.15, 0.2) is 0 Å². The molecule has 6 heteroatoms. The van der Waals surface area contributed by atoms with Gasteiger partial charge in [-0.25, -0.2) is 13.1 Å². The Labute approximate surface area is 146 Å². The second-order valence-electron chi connectivity index (χ2n) is 6.32. The molecule has 1 rings (SSSR count). The van der Waals surface area contributed by atoms with E-state index in [0.717, 1.165) is 30.6 Å². The van der Waals surface area contributed by atoms with Crippen molar-refractivity contribution < 1.29 is 18.3 Å². The number of aliphatic hydroxyl groups excluding tert-OH is 1. The van der Waals surface area contributed by atoms with Crippen molar-refractivity contribution in [3.05, 3.63) is 23.8 Å². The number of ether oxygens (including phenoxy) is 1. The van der Waals surface area contributed by atoms with Gasteiger partial charge in [-0.1, -0.05) is 40.5 Å². The highest BCUT2D eigenvalue weighted by atomic mass is 32.2. The number of rotatable bonds is 11. The van der Waals surface area contributed by atoms with Crippen LogP contribution in [0, 0.1) is 0 Å². The molecule has 2 N–H and O–H groups in total. The van der Waals surface area contributed by atoms with Crippen LogP contribution in [0.4, 0.5) is 0 Å². The number of nitrogens with one attached hydrogen (secondary N) is 1. The maximum Gasteiger partial charge on any atom is 0.240 e. The predicted octanol–water partition coefficient (Wildman–Crippen LogP) is 3.43. The molecule has 0 aromatic heterocycles. The molecule has 5 nitrogen and oxygen atoms in total. The molecule has 0 radical (unpaired) electrons. The third-order valence-electron chi connectivity index (χ3n) is 3.95. The number of sulfonamides is 1. The minimum atomic E-state index is -3.65. The number of unbranched alkanes of at least 4 members (excludes halogenated alkanes) is 2. The summed E-state index contributed by atoms with van der Waals surface area (Å²) in [6.45, 7) is 8.42. The Hall–Kier alpha value is -1.11. The number of hydrogen-bond acceptors (Lipinski definition) is 4. The largest absolute Gasteiger partial charge is 0.493 e. The zero-order valence-corrected chi connectivity index (χ0v) is 16.0. The number of benzene rings is 1. The van der Waals surface area contributed by atoms with Gasteiger partial charge in [-0.15, -0.1) is 0 Å². The Bertz CT molecular complexity index is 595. The zero-order valence-electron chi connectivity index (χ0n) is 15.2. The zero-order chi connectivity index (χ0) is 18.2. The van der Waals surface area contributed by atoms with E-state index in [1.807, 2.05) is 20.8 Å². The average Bonchev–Trinajstić information content (AvgIpc) is 2.56. The van der Waals surface area contributed by atoms with Crippen LogP contribution >= 0.6 is 0 Å². The van der Waals surface area contributed by atoms with Crippen LogP contribution in [0.15, 0.2) is 23.1 Å². The molecule has 0 saturated carbocycles. The lowest BCUT2D eigenvalue weighted by molar-refractivity contribution is 0.254. The van der Waals surface area contributed by atoms with Gasteiger partial charge in [0.1, 0.15) is 5.75 Å². The molecule has 24 heavy (non-hydrogen) atoms. The Kier molecular flexibility index (Phi) is 8.73. The van der Waals surface area contributed by atoms with Crippen molar-refractivity contribution in [1.82, 2.24) is 4.72 Å². The molecule has 1 aromatic rings. The van der Waals surface area contributed by atoms with Crippen LogP contribution in [0.1, 0.15) is 64.9 Å². The lowest BCUT2D eigenvalue weighted by atomic mass is 10.0. The Morgan fingerprint density at radius 1 is 1.21 bits per heavy atom. The molecule has 1 atom stereocenters. The molecule has 0 saturated heterocycles. The van der Waals surface area contributed by atoms with E-state index < -0.39 is 16.1 Å². The van der Waals surface area contributed by atoms with Crippen LogP contribution < -0.4 is 9.46 Å². The summed E-state index contributed by atoms with van der Waals surface area (Å²) in [6.07, 6.45) is 3.77. The van der Waals surface area contributed by atoms with E-state index in [1.54, 1.807) is 18.2 Å². The first-order chi connectivity index (χ1) is 11.4. The molecule has 0 heterocycles. The monoisotopic (exact) mass is 357 g/mol. The number of aliphatic hydroxyl groups is 1. The van der Waals surface area contributed by atoms with Crippen molar-refractivity contribution >= 4 is 10.0 Å². The van der Waals surface area contributed by atoms with E-state index in [4.69, 9.17) is 4.74 Å². The summed E-state index contributed by atoms with van der Waals surface area (Å²) in [5.41, 5.74) is 0.881. The Balaban J connectivity index is 3.00. The first kappa shape index (κ1) is 20.9. The summed E-state index contributed by atoms with van der Waals surface area (Å²) < 4.78 is 33.3. The molecule has 0 fully saturated rings. The quantitative estimate of drug-likeness (QED) is 0.595. The molecular weight excluding hydrogens is 326 g/mol. The highest BCUT2D eigenvalue weighted by Crippen LogP contribution is 2.29. The fourth-order valence-electron chi connectivity index (χ4n) is 2.35. The van der Waals surface area contributed by atoms with Gasteiger partial charge in [-0.3, -0.25) is 0 Å². The lowest BCUT2D eigenvalue weighted by Crippen LogP contribution is -2.36. The van der Waals surface area contributed by atoms with Crippen LogP contribution in [0.3, 0.4) is 0 Å². The average molecular weight is 358 g/mol. The summed E-state index contributed by atoms with van der Waals surface area (Å²) in [4.78, 5) is 0.207. The van der Waals surface area contributed by atoms with E-state index in [-0.39, 0.29) is 17.4 Å². The van der Waals surface area contributed by atoms with Gasteiger partial charge in [-0.2, -0.15) is 0 Å². The van der Waals surface area contributed by atoms with E-state index in [1.165, 1.54) is 0 Å². The molecule has 0 aliphatic rings. The van der Waals surface area contributed by atoms with Gasteiger partial charge < -0.3 is 9.84 Å². The third-order valence-corrected chi connectivity index (χ3v) is 5.47. The van der Waals surface area contributed by atoms with Gasteiger partial charge in [0.25, 0.3) is 0 Å². The smallest absolute Gasteiger partial charge is 0.240 e. The van der Waals surface area contributed by atoms with Crippen LogP contribution in [0.5, 0.6) is 5.75 Å². The van der Waals surface area contributed by atoms with Crippen LogP contribution in [0.25, 0.3) is 0 Å². The van der Waals surface area contributed by atoms with Crippen LogP contribution in [-0.2, 0) is 10.0 Å². The van der Waals surface area contributed by atoms with Crippen molar-refractivity contribution in [2.45, 2.75) is 70.2 Å². The fourth-order valence-corrected chi connectivity index (χ4v) is 3.69. The molecule has 0 aliphatic heterocycles. The Morgan fingerprint density at radius 3 is 2.46 bits per heavy atom. The molecular formula is C18H31NO4S. The van der Waals surface area contributed by atoms with E-state index in [2.05, 4.69) is 11.6 Å². The van der Waals surface area contributed by atoms with Crippen molar-refractivity contribution in [2.75, 3.05) is 13.2 Å². The molecule has 0 aliphatic carbocycles. The van der Waals surface area contributed by atoms with Gasteiger partial charge in [-0.05, 0) is 42.5 Å². The van der Waals surface area contributed by atoms with Crippen LogP contribution in [0.2, 0.25) is 0 Å². The second-order valence-corrected chi connectivity index (χ2v) is 8.03. The molecule has 0 bridgehead atoms. The SMILES string of the molecule is CCCCCOc1ccc(S(=O)(=O)NC(CC)CO)cc1C(C)C. The summed E-state index contributed by atoms with van der Waals surface area (Å²) >= 11 is 0. The topological polar surface area (TPSA) is 75.6 Å². The third kappa shape index (κ3) is 6.07. The summed E-state index contributed by atoms with van der Waals surface area (Å²) in [6, 6.07) is 4.50. The van der Waals surface area contributed by atoms with Gasteiger partial charge in [0.05, 0.1) is 18.1 Å².